The summed E-state index contributed by atoms with van der Waals surface area (Å²) >= 11 is 0. The van der Waals surface area contributed by atoms with Gasteiger partial charge in [-0.1, -0.05) is 30.3 Å². The molecule has 8 heteroatoms. The van der Waals surface area contributed by atoms with E-state index in [1.807, 2.05) is 0 Å². The summed E-state index contributed by atoms with van der Waals surface area (Å²) in [5.41, 5.74) is -1.53. The minimum atomic E-state index is -4.88. The highest BCUT2D eigenvalue weighted by Crippen LogP contribution is 2.38. The third-order valence-corrected chi connectivity index (χ3v) is 2.89. The van der Waals surface area contributed by atoms with Gasteiger partial charge in [-0.15, -0.1) is 0 Å². The Balaban J connectivity index is 2.25. The second-order valence-electron chi connectivity index (χ2n) is 4.57. The lowest BCUT2D eigenvalue weighted by Crippen LogP contribution is -2.15. The second-order valence-corrected chi connectivity index (χ2v) is 4.57. The van der Waals surface area contributed by atoms with Crippen LogP contribution >= 0.6 is 0 Å². The molecular weight excluding hydrogens is 315 g/mol. The summed E-state index contributed by atoms with van der Waals surface area (Å²) in [5.74, 6) is -1.65. The van der Waals surface area contributed by atoms with Crippen LogP contribution in [-0.2, 0) is 17.4 Å². The first-order chi connectivity index (χ1) is 10.8. The number of nitro benzene ring substituents is 1. The fourth-order valence-corrected chi connectivity index (χ4v) is 1.86. The van der Waals surface area contributed by atoms with Crippen LogP contribution in [0.3, 0.4) is 0 Å². The van der Waals surface area contributed by atoms with E-state index in [1.54, 1.807) is 30.3 Å². The van der Waals surface area contributed by atoms with Crippen LogP contribution in [0.15, 0.2) is 48.5 Å². The van der Waals surface area contributed by atoms with Crippen LogP contribution < -0.4 is 4.74 Å². The first-order valence-corrected chi connectivity index (χ1v) is 6.37. The topological polar surface area (TPSA) is 69.4 Å². The van der Waals surface area contributed by atoms with Crippen molar-refractivity contribution in [1.29, 1.82) is 0 Å². The average Bonchev–Trinajstić information content (AvgIpc) is 2.47. The lowest BCUT2D eigenvalue weighted by Gasteiger charge is -2.12. The number of carbonyl (C=O) groups excluding carboxylic acids is 1. The molecule has 0 unspecified atom stereocenters. The standard InChI is InChI=1S/C15H10F3NO4/c16-15(17,18)12-9-11(19(21)22)6-7-13(12)23-14(20)8-10-4-2-1-3-5-10/h1-7,9H,8H2. The molecule has 23 heavy (non-hydrogen) atoms. The quantitative estimate of drug-likeness (QED) is 0.371. The molecule has 0 aromatic heterocycles. The number of hydrogen-bond acceptors (Lipinski definition) is 4. The Labute approximate surface area is 128 Å². The Kier molecular flexibility index (Phi) is 4.63. The Morgan fingerprint density at radius 2 is 1.78 bits per heavy atom. The van der Waals surface area contributed by atoms with Crippen molar-refractivity contribution in [3.63, 3.8) is 0 Å². The van der Waals surface area contributed by atoms with Gasteiger partial charge in [0.05, 0.1) is 11.3 Å². The monoisotopic (exact) mass is 325 g/mol. The van der Waals surface area contributed by atoms with Gasteiger partial charge in [-0.25, -0.2) is 0 Å². The Morgan fingerprint density at radius 1 is 1.13 bits per heavy atom. The van der Waals surface area contributed by atoms with Crippen LogP contribution in [0.5, 0.6) is 5.75 Å². The molecule has 0 saturated heterocycles. The number of nitro groups is 1. The molecular formula is C15H10F3NO4. The van der Waals surface area contributed by atoms with Crippen LogP contribution in [0, 0.1) is 10.1 Å². The molecule has 0 aliphatic heterocycles. The molecule has 0 spiro atoms. The summed E-state index contributed by atoms with van der Waals surface area (Å²) in [7, 11) is 0. The number of benzene rings is 2. The van der Waals surface area contributed by atoms with Gasteiger partial charge in [-0.3, -0.25) is 14.9 Å². The Hall–Kier alpha value is -2.90. The van der Waals surface area contributed by atoms with Gasteiger partial charge < -0.3 is 4.74 Å². The maximum atomic E-state index is 13.0. The number of hydrogen-bond donors (Lipinski definition) is 0. The first-order valence-electron chi connectivity index (χ1n) is 6.37. The zero-order valence-corrected chi connectivity index (χ0v) is 11.5. The van der Waals surface area contributed by atoms with Crippen molar-refractivity contribution < 1.29 is 27.6 Å². The van der Waals surface area contributed by atoms with E-state index in [2.05, 4.69) is 0 Å². The largest absolute Gasteiger partial charge is 0.426 e. The number of alkyl halides is 3. The van der Waals surface area contributed by atoms with Crippen molar-refractivity contribution in [2.75, 3.05) is 0 Å². The van der Waals surface area contributed by atoms with Crippen molar-refractivity contribution in [3.05, 3.63) is 69.8 Å². The molecule has 0 N–H and O–H groups in total. The lowest BCUT2D eigenvalue weighted by molar-refractivity contribution is -0.385. The second kappa shape index (κ2) is 6.47. The van der Waals surface area contributed by atoms with Gasteiger partial charge in [0.2, 0.25) is 0 Å². The maximum absolute atomic E-state index is 13.0. The van der Waals surface area contributed by atoms with Gasteiger partial charge in [-0.05, 0) is 11.6 Å². The van der Waals surface area contributed by atoms with Crippen molar-refractivity contribution in [2.24, 2.45) is 0 Å². The third kappa shape index (κ3) is 4.29. The minimum absolute atomic E-state index is 0.213. The zero-order valence-electron chi connectivity index (χ0n) is 11.5. The molecule has 2 rings (SSSR count). The predicted octanol–water partition coefficient (Wildman–Crippen LogP) is 3.76. The van der Waals surface area contributed by atoms with E-state index in [1.165, 1.54) is 0 Å². The minimum Gasteiger partial charge on any atom is -0.426 e. The molecule has 0 aliphatic carbocycles. The van der Waals surface area contributed by atoms with Gasteiger partial charge in [0.15, 0.2) is 0 Å². The first kappa shape index (κ1) is 16.5. The van der Waals surface area contributed by atoms with E-state index in [-0.39, 0.29) is 6.42 Å². The number of rotatable bonds is 4. The molecule has 5 nitrogen and oxygen atoms in total. The van der Waals surface area contributed by atoms with Crippen LogP contribution in [0.4, 0.5) is 18.9 Å². The van der Waals surface area contributed by atoms with Crippen LogP contribution in [0.25, 0.3) is 0 Å². The molecule has 0 radical (unpaired) electrons. The summed E-state index contributed by atoms with van der Waals surface area (Å²) in [6, 6.07) is 10.3. The molecule has 2 aromatic carbocycles. The third-order valence-electron chi connectivity index (χ3n) is 2.89. The Morgan fingerprint density at radius 3 is 2.35 bits per heavy atom. The fraction of sp³-hybridized carbons (Fsp3) is 0.133. The fourth-order valence-electron chi connectivity index (χ4n) is 1.86. The van der Waals surface area contributed by atoms with Gasteiger partial charge in [0.1, 0.15) is 11.3 Å². The van der Waals surface area contributed by atoms with E-state index < -0.39 is 34.1 Å². The lowest BCUT2D eigenvalue weighted by atomic mass is 10.1. The summed E-state index contributed by atoms with van der Waals surface area (Å²) in [5, 5.41) is 10.6. The van der Waals surface area contributed by atoms with Gasteiger partial charge >= 0.3 is 12.1 Å². The zero-order chi connectivity index (χ0) is 17.0. The molecule has 2 aromatic rings. The van der Waals surface area contributed by atoms with E-state index in [0.717, 1.165) is 12.1 Å². The highest BCUT2D eigenvalue weighted by atomic mass is 19.4. The predicted molar refractivity (Wildman–Crippen MR) is 73.9 cm³/mol. The van der Waals surface area contributed by atoms with Crippen LogP contribution in [-0.4, -0.2) is 10.9 Å². The summed E-state index contributed by atoms with van der Waals surface area (Å²) in [4.78, 5) is 21.4. The number of esters is 1. The van der Waals surface area contributed by atoms with Gasteiger partial charge in [0.25, 0.3) is 5.69 Å². The SMILES string of the molecule is O=C(Cc1ccccc1)Oc1ccc([N+](=O)[O-])cc1C(F)(F)F. The molecule has 120 valence electrons. The molecule has 0 saturated carbocycles. The number of non-ortho nitro benzene ring substituents is 1. The molecule has 0 fully saturated rings. The smallest absolute Gasteiger partial charge is 0.420 e. The van der Waals surface area contributed by atoms with Crippen molar-refractivity contribution in [2.45, 2.75) is 12.6 Å². The average molecular weight is 325 g/mol. The molecule has 0 heterocycles. The van der Waals surface area contributed by atoms with Gasteiger partial charge in [0, 0.05) is 12.1 Å². The maximum Gasteiger partial charge on any atom is 0.420 e. The highest BCUT2D eigenvalue weighted by Gasteiger charge is 2.36. The Bertz CT molecular complexity index is 729. The molecule has 0 aliphatic rings. The number of carbonyl (C=O) groups is 1. The molecule has 0 amide bonds. The van der Waals surface area contributed by atoms with Crippen LogP contribution in [0.2, 0.25) is 0 Å². The number of nitrogens with zero attached hydrogens (tertiary/aromatic N) is 1. The summed E-state index contributed by atoms with van der Waals surface area (Å²) in [6.45, 7) is 0. The number of ether oxygens (including phenoxy) is 1. The summed E-state index contributed by atoms with van der Waals surface area (Å²) in [6.07, 6.45) is -5.09. The highest BCUT2D eigenvalue weighted by molar-refractivity contribution is 5.75. The van der Waals surface area contributed by atoms with Crippen molar-refractivity contribution in [3.8, 4) is 5.75 Å². The van der Waals surface area contributed by atoms with E-state index in [4.69, 9.17) is 4.74 Å². The van der Waals surface area contributed by atoms with Crippen LogP contribution in [0.1, 0.15) is 11.1 Å². The molecule has 0 atom stereocenters. The van der Waals surface area contributed by atoms with E-state index in [9.17, 15) is 28.1 Å². The van der Waals surface area contributed by atoms with Crippen molar-refractivity contribution >= 4 is 11.7 Å². The molecule has 0 bridgehead atoms. The number of halogens is 3. The normalized spacial score (nSPS) is 11.1. The van der Waals surface area contributed by atoms with Crippen molar-refractivity contribution in [1.82, 2.24) is 0 Å². The van der Waals surface area contributed by atoms with Gasteiger partial charge in [-0.2, -0.15) is 13.2 Å². The van der Waals surface area contributed by atoms with E-state index >= 15 is 0 Å². The van der Waals surface area contributed by atoms with E-state index in [0.29, 0.717) is 11.6 Å². The summed E-state index contributed by atoms with van der Waals surface area (Å²) < 4.78 is 43.6.